The van der Waals surface area contributed by atoms with Crippen LogP contribution in [0.5, 0.6) is 17.2 Å². The number of nitrogens with two attached hydrogens (primary N) is 1. The second kappa shape index (κ2) is 10.3. The minimum Gasteiger partial charge on any atom is -0.494 e. The number of rotatable bonds is 9. The first kappa shape index (κ1) is 23.2. The van der Waals surface area contributed by atoms with Crippen LogP contribution in [0.3, 0.4) is 0 Å². The van der Waals surface area contributed by atoms with Gasteiger partial charge in [-0.05, 0) is 65.3 Å². The molecule has 0 unspecified atom stereocenters. The molecule has 0 radical (unpaired) electrons. The Morgan fingerprint density at radius 1 is 1.14 bits per heavy atom. The van der Waals surface area contributed by atoms with Gasteiger partial charge in [-0.15, -0.1) is 5.10 Å². The van der Waals surface area contributed by atoms with Gasteiger partial charge in [-0.2, -0.15) is 9.78 Å². The van der Waals surface area contributed by atoms with E-state index in [1.165, 1.54) is 18.0 Å². The van der Waals surface area contributed by atoms with E-state index in [0.717, 1.165) is 0 Å². The number of nitrogen functional groups attached to an aromatic ring is 1. The number of carbonyl (C=O) groups excluding carboxylic acids is 1. The lowest BCUT2D eigenvalue weighted by Crippen LogP contribution is -2.19. The summed E-state index contributed by atoms with van der Waals surface area (Å²) >= 11 is 0. The molecule has 0 saturated heterocycles. The summed E-state index contributed by atoms with van der Waals surface area (Å²) < 4.78 is 21.9. The zero-order valence-electron chi connectivity index (χ0n) is 19.1. The molecular weight excluding hydrogens is 456 g/mol. The van der Waals surface area contributed by atoms with Crippen molar-refractivity contribution in [3.05, 3.63) is 53.7 Å². The van der Waals surface area contributed by atoms with Gasteiger partial charge in [0.1, 0.15) is 11.4 Å². The third-order valence-corrected chi connectivity index (χ3v) is 4.81. The number of nitrogens with one attached hydrogen (secondary N) is 1. The molecule has 35 heavy (non-hydrogen) atoms. The van der Waals surface area contributed by atoms with Gasteiger partial charge in [0, 0.05) is 5.56 Å². The standard InChI is InChI=1S/C22H22N8O5/c1-4-34-15-8-6-14(7-9-15)19-18(25-29-30(19)21-20(23)27-35-28-21)22(31)26-24-12-13-5-10-16(32-2)17(11-13)33-3/h5-12H,4H2,1-3H3,(H2,23,27)(H,26,31)/b24-12-. The fraction of sp³-hybridized carbons (Fsp3) is 0.182. The summed E-state index contributed by atoms with van der Waals surface area (Å²) in [6.45, 7) is 2.41. The fourth-order valence-corrected chi connectivity index (χ4v) is 3.21. The van der Waals surface area contributed by atoms with E-state index < -0.39 is 5.91 Å². The molecule has 4 aromatic rings. The molecule has 13 heteroatoms. The largest absolute Gasteiger partial charge is 0.494 e. The fourth-order valence-electron chi connectivity index (χ4n) is 3.21. The van der Waals surface area contributed by atoms with Crippen LogP contribution in [0.4, 0.5) is 5.82 Å². The lowest BCUT2D eigenvalue weighted by atomic mass is 10.1. The quantitative estimate of drug-likeness (QED) is 0.269. The summed E-state index contributed by atoms with van der Waals surface area (Å²) in [4.78, 5) is 13.0. The first-order chi connectivity index (χ1) is 17.0. The van der Waals surface area contributed by atoms with E-state index in [1.54, 1.807) is 49.6 Å². The molecule has 13 nitrogen and oxygen atoms in total. The Morgan fingerprint density at radius 2 is 1.91 bits per heavy atom. The SMILES string of the molecule is CCOc1ccc(-c2c(C(=O)N/N=C\c3ccc(OC)c(OC)c3)nnn2-c2nonc2N)cc1. The van der Waals surface area contributed by atoms with Crippen molar-refractivity contribution in [3.63, 3.8) is 0 Å². The van der Waals surface area contributed by atoms with Crippen molar-refractivity contribution in [2.75, 3.05) is 26.6 Å². The Balaban J connectivity index is 1.64. The maximum atomic E-state index is 13.0. The van der Waals surface area contributed by atoms with E-state index in [4.69, 9.17) is 19.9 Å². The van der Waals surface area contributed by atoms with Crippen LogP contribution in [0.2, 0.25) is 0 Å². The van der Waals surface area contributed by atoms with Crippen molar-refractivity contribution in [2.45, 2.75) is 6.92 Å². The van der Waals surface area contributed by atoms with Crippen molar-refractivity contribution in [2.24, 2.45) is 5.10 Å². The molecule has 0 atom stereocenters. The summed E-state index contributed by atoms with van der Waals surface area (Å²) in [5, 5.41) is 19.4. The Bertz CT molecular complexity index is 1350. The molecule has 2 aromatic heterocycles. The molecule has 0 fully saturated rings. The topological polar surface area (TPSA) is 165 Å². The van der Waals surface area contributed by atoms with Crippen molar-refractivity contribution < 1.29 is 23.6 Å². The van der Waals surface area contributed by atoms with Crippen molar-refractivity contribution in [1.82, 2.24) is 30.7 Å². The van der Waals surface area contributed by atoms with E-state index >= 15 is 0 Å². The monoisotopic (exact) mass is 478 g/mol. The number of hydrazone groups is 1. The number of amides is 1. The normalized spacial score (nSPS) is 10.9. The summed E-state index contributed by atoms with van der Waals surface area (Å²) in [5.74, 6) is 1.25. The molecule has 0 spiro atoms. The van der Waals surface area contributed by atoms with E-state index in [9.17, 15) is 4.79 Å². The zero-order valence-corrected chi connectivity index (χ0v) is 19.1. The molecule has 0 aliphatic carbocycles. The Morgan fingerprint density at radius 3 is 2.57 bits per heavy atom. The highest BCUT2D eigenvalue weighted by atomic mass is 16.6. The van der Waals surface area contributed by atoms with E-state index in [1.807, 2.05) is 6.92 Å². The number of hydrogen-bond acceptors (Lipinski definition) is 11. The molecule has 180 valence electrons. The maximum Gasteiger partial charge on any atom is 0.294 e. The van der Waals surface area contributed by atoms with Crippen LogP contribution in [0, 0.1) is 0 Å². The van der Waals surface area contributed by atoms with E-state index in [0.29, 0.717) is 40.7 Å². The second-order valence-corrected chi connectivity index (χ2v) is 6.94. The highest BCUT2D eigenvalue weighted by Crippen LogP contribution is 2.28. The average Bonchev–Trinajstić information content (AvgIpc) is 3.50. The molecule has 2 heterocycles. The molecule has 1 amide bonds. The predicted octanol–water partition coefficient (Wildman–Crippen LogP) is 2.08. The number of aromatic nitrogens is 5. The van der Waals surface area contributed by atoms with Crippen LogP contribution in [0.15, 0.2) is 52.2 Å². The molecule has 3 N–H and O–H groups in total. The van der Waals surface area contributed by atoms with Gasteiger partial charge in [0.25, 0.3) is 5.91 Å². The molecular formula is C22H22N8O5. The van der Waals surface area contributed by atoms with Crippen LogP contribution in [-0.4, -0.2) is 58.3 Å². The zero-order chi connectivity index (χ0) is 24.8. The highest BCUT2D eigenvalue weighted by Gasteiger charge is 2.25. The summed E-state index contributed by atoms with van der Waals surface area (Å²) in [5.41, 5.74) is 9.88. The molecule has 4 rings (SSSR count). The van der Waals surface area contributed by atoms with Gasteiger partial charge in [0.05, 0.1) is 27.0 Å². The second-order valence-electron chi connectivity index (χ2n) is 6.94. The van der Waals surface area contributed by atoms with Gasteiger partial charge < -0.3 is 19.9 Å². The molecule has 2 aromatic carbocycles. The summed E-state index contributed by atoms with van der Waals surface area (Å²) in [7, 11) is 3.08. The van der Waals surface area contributed by atoms with E-state index in [-0.39, 0.29) is 17.3 Å². The molecule has 0 aliphatic rings. The number of ether oxygens (including phenoxy) is 3. The maximum absolute atomic E-state index is 13.0. The molecule has 0 bridgehead atoms. The van der Waals surface area contributed by atoms with E-state index in [2.05, 4.69) is 35.8 Å². The average molecular weight is 478 g/mol. The highest BCUT2D eigenvalue weighted by molar-refractivity contribution is 5.98. The van der Waals surface area contributed by atoms with Crippen LogP contribution in [-0.2, 0) is 0 Å². The van der Waals surface area contributed by atoms with Gasteiger partial charge in [0.15, 0.2) is 17.2 Å². The minimum absolute atomic E-state index is 0.0129. The number of carbonyl (C=O) groups is 1. The Kier molecular flexibility index (Phi) is 6.86. The smallest absolute Gasteiger partial charge is 0.294 e. The first-order valence-electron chi connectivity index (χ1n) is 10.4. The first-order valence-corrected chi connectivity index (χ1v) is 10.4. The van der Waals surface area contributed by atoms with Gasteiger partial charge in [-0.3, -0.25) is 4.79 Å². The van der Waals surface area contributed by atoms with Gasteiger partial charge >= 0.3 is 0 Å². The van der Waals surface area contributed by atoms with Crippen molar-refractivity contribution in [1.29, 1.82) is 0 Å². The number of methoxy groups -OCH3 is 2. The lowest BCUT2D eigenvalue weighted by molar-refractivity contribution is 0.0950. The van der Waals surface area contributed by atoms with Crippen molar-refractivity contribution >= 4 is 17.9 Å². The molecule has 0 saturated carbocycles. The van der Waals surface area contributed by atoms with Crippen LogP contribution < -0.4 is 25.4 Å². The molecule has 0 aliphatic heterocycles. The number of hydrogen-bond donors (Lipinski definition) is 2. The number of anilines is 1. The minimum atomic E-state index is -0.605. The predicted molar refractivity (Wildman–Crippen MR) is 125 cm³/mol. The van der Waals surface area contributed by atoms with Gasteiger partial charge in [-0.1, -0.05) is 5.21 Å². The third kappa shape index (κ3) is 4.88. The van der Waals surface area contributed by atoms with Crippen molar-refractivity contribution in [3.8, 4) is 34.3 Å². The Labute approximate surface area is 199 Å². The Hall–Kier alpha value is -4.94. The van der Waals surface area contributed by atoms with Crippen LogP contribution in [0.25, 0.3) is 17.1 Å². The summed E-state index contributed by atoms with van der Waals surface area (Å²) in [6.07, 6.45) is 1.46. The number of benzene rings is 2. The lowest BCUT2D eigenvalue weighted by Gasteiger charge is -2.08. The van der Waals surface area contributed by atoms with Crippen LogP contribution in [0.1, 0.15) is 23.0 Å². The summed E-state index contributed by atoms with van der Waals surface area (Å²) in [6, 6.07) is 12.2. The van der Waals surface area contributed by atoms with Gasteiger partial charge in [0.2, 0.25) is 11.6 Å². The number of nitrogens with zero attached hydrogens (tertiary/aromatic N) is 6. The van der Waals surface area contributed by atoms with Crippen LogP contribution >= 0.6 is 0 Å². The van der Waals surface area contributed by atoms with Gasteiger partial charge in [-0.25, -0.2) is 10.1 Å². The third-order valence-electron chi connectivity index (χ3n) is 4.81.